The molecule has 114 valence electrons. The van der Waals surface area contributed by atoms with Crippen LogP contribution in [0.2, 0.25) is 0 Å². The normalized spacial score (nSPS) is 14.4. The fourth-order valence-corrected chi connectivity index (χ4v) is 3.96. The van der Waals surface area contributed by atoms with E-state index in [1.54, 1.807) is 11.3 Å². The molecule has 0 saturated heterocycles. The molecule has 2 aromatic rings. The minimum Gasteiger partial charge on any atom is -0.303 e. The molecule has 1 aromatic heterocycles. The molecule has 0 spiro atoms. The van der Waals surface area contributed by atoms with E-state index in [0.717, 1.165) is 6.42 Å². The number of hydrogen-bond donors (Lipinski definition) is 1. The van der Waals surface area contributed by atoms with Gasteiger partial charge >= 0.3 is 0 Å². The fraction of sp³-hybridized carbons (Fsp3) is 0.444. The van der Waals surface area contributed by atoms with Crippen molar-refractivity contribution in [2.24, 2.45) is 5.92 Å². The molecule has 21 heavy (non-hydrogen) atoms. The van der Waals surface area contributed by atoms with Crippen molar-refractivity contribution in [1.29, 1.82) is 0 Å². The molecule has 0 amide bonds. The summed E-state index contributed by atoms with van der Waals surface area (Å²) >= 11 is 5.33. The van der Waals surface area contributed by atoms with E-state index < -0.39 is 0 Å². The van der Waals surface area contributed by atoms with Crippen LogP contribution in [0.3, 0.4) is 0 Å². The van der Waals surface area contributed by atoms with Crippen molar-refractivity contribution in [1.82, 2.24) is 5.32 Å². The summed E-state index contributed by atoms with van der Waals surface area (Å²) in [6.45, 7) is 8.98. The second-order valence-electron chi connectivity index (χ2n) is 6.09. The zero-order valence-electron chi connectivity index (χ0n) is 13.2. The van der Waals surface area contributed by atoms with Crippen molar-refractivity contribution in [2.75, 3.05) is 0 Å². The molecule has 1 aromatic carbocycles. The molecule has 0 aliphatic carbocycles. The van der Waals surface area contributed by atoms with E-state index in [4.69, 9.17) is 0 Å². The highest BCUT2D eigenvalue weighted by molar-refractivity contribution is 9.11. The third kappa shape index (κ3) is 4.94. The maximum absolute atomic E-state index is 3.68. The van der Waals surface area contributed by atoms with Gasteiger partial charge in [0.25, 0.3) is 0 Å². The quantitative estimate of drug-likeness (QED) is 0.649. The average molecular weight is 366 g/mol. The Kier molecular flexibility index (Phi) is 6.03. The lowest BCUT2D eigenvalue weighted by molar-refractivity contribution is 0.500. The molecule has 1 N–H and O–H groups in total. The Morgan fingerprint density at radius 2 is 1.62 bits per heavy atom. The third-order valence-corrected chi connectivity index (χ3v) is 5.45. The number of benzene rings is 1. The van der Waals surface area contributed by atoms with Crippen LogP contribution < -0.4 is 5.32 Å². The van der Waals surface area contributed by atoms with E-state index >= 15 is 0 Å². The Hall–Kier alpha value is -0.640. The summed E-state index contributed by atoms with van der Waals surface area (Å²) in [5.41, 5.74) is 2.78. The van der Waals surface area contributed by atoms with E-state index in [1.165, 1.54) is 19.8 Å². The lowest BCUT2D eigenvalue weighted by atomic mass is 9.99. The van der Waals surface area contributed by atoms with E-state index in [2.05, 4.69) is 85.3 Å². The van der Waals surface area contributed by atoms with Gasteiger partial charge in [-0.1, -0.05) is 38.1 Å². The van der Waals surface area contributed by atoms with Gasteiger partial charge in [0.15, 0.2) is 0 Å². The number of thiophene rings is 1. The Labute approximate surface area is 140 Å². The van der Waals surface area contributed by atoms with Crippen molar-refractivity contribution in [3.8, 4) is 0 Å². The van der Waals surface area contributed by atoms with Gasteiger partial charge in [-0.3, -0.25) is 0 Å². The zero-order chi connectivity index (χ0) is 15.4. The van der Waals surface area contributed by atoms with Gasteiger partial charge in [-0.25, -0.2) is 0 Å². The molecular weight excluding hydrogens is 342 g/mol. The van der Waals surface area contributed by atoms with Gasteiger partial charge in [-0.2, -0.15) is 0 Å². The van der Waals surface area contributed by atoms with E-state index in [1.807, 2.05) is 0 Å². The second kappa shape index (κ2) is 7.57. The predicted molar refractivity (Wildman–Crippen MR) is 97.0 cm³/mol. The Balaban J connectivity index is 1.98. The zero-order valence-corrected chi connectivity index (χ0v) is 15.6. The van der Waals surface area contributed by atoms with Gasteiger partial charge in [-0.05, 0) is 65.4 Å². The van der Waals surface area contributed by atoms with Crippen LogP contribution in [0.4, 0.5) is 0 Å². The molecule has 2 atom stereocenters. The molecule has 0 radical (unpaired) electrons. The number of halogens is 1. The Bertz CT molecular complexity index is 559. The number of rotatable bonds is 6. The molecule has 0 saturated carbocycles. The van der Waals surface area contributed by atoms with Crippen molar-refractivity contribution in [3.63, 3.8) is 0 Å². The summed E-state index contributed by atoms with van der Waals surface area (Å²) in [7, 11) is 0. The van der Waals surface area contributed by atoms with Crippen LogP contribution in [0.15, 0.2) is 40.2 Å². The summed E-state index contributed by atoms with van der Waals surface area (Å²) in [5, 5.41) is 3.68. The van der Waals surface area contributed by atoms with Gasteiger partial charge in [0.05, 0.1) is 3.79 Å². The molecule has 3 heteroatoms. The van der Waals surface area contributed by atoms with Gasteiger partial charge in [-0.15, -0.1) is 11.3 Å². The molecule has 0 bridgehead atoms. The minimum atomic E-state index is 0.356. The third-order valence-electron chi connectivity index (χ3n) is 3.64. The second-order valence-corrected chi connectivity index (χ2v) is 8.59. The molecule has 1 nitrogen and oxygen atoms in total. The van der Waals surface area contributed by atoms with Crippen molar-refractivity contribution >= 4 is 27.3 Å². The first-order valence-electron chi connectivity index (χ1n) is 7.56. The average Bonchev–Trinajstić information content (AvgIpc) is 2.85. The summed E-state index contributed by atoms with van der Waals surface area (Å²) in [4.78, 5) is 1.37. The topological polar surface area (TPSA) is 12.0 Å². The SMILES string of the molecule is CC(C)Cc1ccc(C(C)NC(C)c2ccc(Br)s2)cc1. The van der Waals surface area contributed by atoms with Crippen LogP contribution in [-0.2, 0) is 6.42 Å². The molecule has 2 unspecified atom stereocenters. The van der Waals surface area contributed by atoms with Gasteiger partial charge in [0, 0.05) is 17.0 Å². The molecule has 0 aliphatic heterocycles. The van der Waals surface area contributed by atoms with Crippen molar-refractivity contribution in [3.05, 3.63) is 56.2 Å². The van der Waals surface area contributed by atoms with Crippen LogP contribution in [0.1, 0.15) is 55.8 Å². The minimum absolute atomic E-state index is 0.356. The van der Waals surface area contributed by atoms with Crippen LogP contribution >= 0.6 is 27.3 Å². The standard InChI is InChI=1S/C18H24BrNS/c1-12(2)11-15-5-7-16(8-6-15)13(3)20-14(4)17-9-10-18(19)21-17/h5-10,12-14,20H,11H2,1-4H3. The maximum Gasteiger partial charge on any atom is 0.0701 e. The highest BCUT2D eigenvalue weighted by Gasteiger charge is 2.12. The van der Waals surface area contributed by atoms with Crippen LogP contribution in [0.25, 0.3) is 0 Å². The maximum atomic E-state index is 3.68. The molecule has 2 rings (SSSR count). The lowest BCUT2D eigenvalue weighted by Crippen LogP contribution is -2.21. The summed E-state index contributed by atoms with van der Waals surface area (Å²) in [6, 6.07) is 14.1. The number of nitrogens with one attached hydrogen (secondary N) is 1. The van der Waals surface area contributed by atoms with E-state index in [0.29, 0.717) is 18.0 Å². The van der Waals surface area contributed by atoms with Gasteiger partial charge in [0.1, 0.15) is 0 Å². The largest absolute Gasteiger partial charge is 0.303 e. The van der Waals surface area contributed by atoms with Crippen LogP contribution in [0, 0.1) is 5.92 Å². The molecule has 0 fully saturated rings. The first-order valence-corrected chi connectivity index (χ1v) is 9.16. The molecule has 0 aliphatic rings. The predicted octanol–water partition coefficient (Wildman–Crippen LogP) is 6.12. The molecular formula is C18H24BrNS. The highest BCUT2D eigenvalue weighted by Crippen LogP contribution is 2.28. The fourth-order valence-electron chi connectivity index (χ4n) is 2.53. The van der Waals surface area contributed by atoms with Crippen molar-refractivity contribution in [2.45, 2.75) is 46.2 Å². The van der Waals surface area contributed by atoms with E-state index in [9.17, 15) is 0 Å². The van der Waals surface area contributed by atoms with E-state index in [-0.39, 0.29) is 0 Å². The lowest BCUT2D eigenvalue weighted by Gasteiger charge is -2.20. The van der Waals surface area contributed by atoms with Gasteiger partial charge < -0.3 is 5.32 Å². The van der Waals surface area contributed by atoms with Crippen LogP contribution in [0.5, 0.6) is 0 Å². The summed E-state index contributed by atoms with van der Waals surface area (Å²) in [6.07, 6.45) is 1.15. The van der Waals surface area contributed by atoms with Crippen LogP contribution in [-0.4, -0.2) is 0 Å². The Morgan fingerprint density at radius 1 is 0.952 bits per heavy atom. The monoisotopic (exact) mass is 365 g/mol. The van der Waals surface area contributed by atoms with Crippen molar-refractivity contribution < 1.29 is 0 Å². The summed E-state index contributed by atoms with van der Waals surface area (Å²) < 4.78 is 1.19. The smallest absolute Gasteiger partial charge is 0.0701 e. The van der Waals surface area contributed by atoms with Gasteiger partial charge in [0.2, 0.25) is 0 Å². The number of hydrogen-bond acceptors (Lipinski definition) is 2. The Morgan fingerprint density at radius 3 is 2.14 bits per heavy atom. The first kappa shape index (κ1) is 16.7. The summed E-state index contributed by atoms with van der Waals surface area (Å²) in [5.74, 6) is 0.712. The first-order chi connectivity index (χ1) is 9.95. The molecule has 1 heterocycles. The highest BCUT2D eigenvalue weighted by atomic mass is 79.9.